The van der Waals surface area contributed by atoms with Gasteiger partial charge < -0.3 is 15.2 Å². The number of nitrogens with one attached hydrogen (secondary N) is 1. The number of ether oxygens (including phenoxy) is 1. The number of benzene rings is 1. The first-order valence-corrected chi connectivity index (χ1v) is 4.59. The SMILES string of the molecule is CO.COC(=O)CNCc1ccccc1. The van der Waals surface area contributed by atoms with Crippen molar-refractivity contribution >= 4 is 5.97 Å². The van der Waals surface area contributed by atoms with Gasteiger partial charge in [-0.3, -0.25) is 4.79 Å². The lowest BCUT2D eigenvalue weighted by Crippen LogP contribution is -2.23. The second kappa shape index (κ2) is 9.18. The van der Waals surface area contributed by atoms with Gasteiger partial charge in [-0.1, -0.05) is 30.3 Å². The second-order valence-electron chi connectivity index (χ2n) is 2.67. The highest BCUT2D eigenvalue weighted by Crippen LogP contribution is 1.96. The molecule has 0 bridgehead atoms. The molecular weight excluding hydrogens is 194 g/mol. The molecule has 84 valence electrons. The molecule has 0 aliphatic heterocycles. The lowest BCUT2D eigenvalue weighted by molar-refractivity contribution is -0.139. The number of hydrogen-bond donors (Lipinski definition) is 2. The molecule has 0 amide bonds. The third-order valence-electron chi connectivity index (χ3n) is 1.67. The van der Waals surface area contributed by atoms with E-state index in [4.69, 9.17) is 5.11 Å². The van der Waals surface area contributed by atoms with E-state index in [0.717, 1.165) is 12.7 Å². The van der Waals surface area contributed by atoms with Crippen molar-refractivity contribution in [1.82, 2.24) is 5.32 Å². The summed E-state index contributed by atoms with van der Waals surface area (Å²) in [4.78, 5) is 10.7. The molecule has 4 nitrogen and oxygen atoms in total. The van der Waals surface area contributed by atoms with Crippen molar-refractivity contribution in [3.05, 3.63) is 35.9 Å². The minimum atomic E-state index is -0.240. The van der Waals surface area contributed by atoms with Crippen molar-refractivity contribution in [2.75, 3.05) is 20.8 Å². The Hall–Kier alpha value is -1.39. The highest BCUT2D eigenvalue weighted by atomic mass is 16.5. The Morgan fingerprint density at radius 3 is 2.47 bits per heavy atom. The molecule has 0 saturated carbocycles. The quantitative estimate of drug-likeness (QED) is 0.714. The van der Waals surface area contributed by atoms with Gasteiger partial charge in [0.1, 0.15) is 0 Å². The Labute approximate surface area is 89.9 Å². The fraction of sp³-hybridized carbons (Fsp3) is 0.364. The van der Waals surface area contributed by atoms with Crippen LogP contribution in [0.25, 0.3) is 0 Å². The van der Waals surface area contributed by atoms with Gasteiger partial charge in [-0.2, -0.15) is 0 Å². The van der Waals surface area contributed by atoms with Crippen LogP contribution in [0.2, 0.25) is 0 Å². The van der Waals surface area contributed by atoms with Gasteiger partial charge in [-0.05, 0) is 5.56 Å². The molecule has 1 rings (SSSR count). The Morgan fingerprint density at radius 1 is 1.33 bits per heavy atom. The van der Waals surface area contributed by atoms with E-state index in [2.05, 4.69) is 10.1 Å². The van der Waals surface area contributed by atoms with Crippen LogP contribution in [0.1, 0.15) is 5.56 Å². The van der Waals surface area contributed by atoms with Gasteiger partial charge in [0, 0.05) is 13.7 Å². The number of methoxy groups -OCH3 is 1. The zero-order valence-corrected chi connectivity index (χ0v) is 9.06. The number of aliphatic hydroxyl groups excluding tert-OH is 1. The van der Waals surface area contributed by atoms with Crippen LogP contribution in [0.4, 0.5) is 0 Å². The molecule has 0 aliphatic rings. The van der Waals surface area contributed by atoms with Crippen molar-refractivity contribution in [2.45, 2.75) is 6.54 Å². The smallest absolute Gasteiger partial charge is 0.319 e. The van der Waals surface area contributed by atoms with Gasteiger partial charge in [0.05, 0.1) is 13.7 Å². The molecule has 0 saturated heterocycles. The van der Waals surface area contributed by atoms with Crippen molar-refractivity contribution < 1.29 is 14.6 Å². The molecule has 0 aromatic heterocycles. The maximum absolute atomic E-state index is 10.7. The molecule has 0 atom stereocenters. The summed E-state index contributed by atoms with van der Waals surface area (Å²) in [7, 11) is 2.38. The summed E-state index contributed by atoms with van der Waals surface area (Å²) in [5, 5.41) is 9.98. The van der Waals surface area contributed by atoms with Gasteiger partial charge in [0.25, 0.3) is 0 Å². The summed E-state index contributed by atoms with van der Waals surface area (Å²) in [6, 6.07) is 9.91. The first-order valence-electron chi connectivity index (χ1n) is 4.59. The zero-order valence-electron chi connectivity index (χ0n) is 9.06. The second-order valence-corrected chi connectivity index (χ2v) is 2.67. The van der Waals surface area contributed by atoms with E-state index in [1.165, 1.54) is 7.11 Å². The summed E-state index contributed by atoms with van der Waals surface area (Å²) in [6.45, 7) is 0.946. The predicted molar refractivity (Wildman–Crippen MR) is 58.3 cm³/mol. The average Bonchev–Trinajstić information content (AvgIpc) is 2.33. The standard InChI is InChI=1S/C10H13NO2.CH4O/c1-13-10(12)8-11-7-9-5-3-2-4-6-9;1-2/h2-6,11H,7-8H2,1H3;2H,1H3. The summed E-state index contributed by atoms with van der Waals surface area (Å²) in [5.41, 5.74) is 1.16. The molecule has 4 heteroatoms. The van der Waals surface area contributed by atoms with E-state index < -0.39 is 0 Å². The Balaban J connectivity index is 0.000000921. The van der Waals surface area contributed by atoms with Crippen LogP contribution >= 0.6 is 0 Å². The molecule has 0 radical (unpaired) electrons. The van der Waals surface area contributed by atoms with E-state index in [0.29, 0.717) is 6.54 Å². The van der Waals surface area contributed by atoms with Crippen molar-refractivity contribution in [2.24, 2.45) is 0 Å². The van der Waals surface area contributed by atoms with Crippen LogP contribution < -0.4 is 5.32 Å². The molecule has 1 aromatic rings. The maximum atomic E-state index is 10.7. The van der Waals surface area contributed by atoms with Gasteiger partial charge in [-0.25, -0.2) is 0 Å². The van der Waals surface area contributed by atoms with Gasteiger partial charge in [-0.15, -0.1) is 0 Å². The molecule has 0 heterocycles. The molecular formula is C11H17NO3. The lowest BCUT2D eigenvalue weighted by atomic mass is 10.2. The molecule has 0 unspecified atom stereocenters. The number of aliphatic hydroxyl groups is 1. The van der Waals surface area contributed by atoms with E-state index in [1.54, 1.807) is 0 Å². The molecule has 15 heavy (non-hydrogen) atoms. The van der Waals surface area contributed by atoms with Crippen LogP contribution in [0.15, 0.2) is 30.3 Å². The van der Waals surface area contributed by atoms with Crippen molar-refractivity contribution in [3.8, 4) is 0 Å². The molecule has 0 fully saturated rings. The maximum Gasteiger partial charge on any atom is 0.319 e. The Morgan fingerprint density at radius 2 is 1.93 bits per heavy atom. The Kier molecular flexibility index (Phi) is 8.33. The highest BCUT2D eigenvalue weighted by molar-refractivity contribution is 5.71. The summed E-state index contributed by atoms with van der Waals surface area (Å²) in [5.74, 6) is -0.240. The fourth-order valence-corrected chi connectivity index (χ4v) is 0.977. The number of rotatable bonds is 4. The van der Waals surface area contributed by atoms with Crippen LogP contribution in [-0.2, 0) is 16.1 Å². The van der Waals surface area contributed by atoms with Gasteiger partial charge in [0.2, 0.25) is 0 Å². The van der Waals surface area contributed by atoms with Crippen molar-refractivity contribution in [1.29, 1.82) is 0 Å². The topological polar surface area (TPSA) is 58.6 Å². The minimum absolute atomic E-state index is 0.240. The van der Waals surface area contributed by atoms with E-state index in [9.17, 15) is 4.79 Å². The molecule has 2 N–H and O–H groups in total. The number of carbonyl (C=O) groups excluding carboxylic acids is 1. The van der Waals surface area contributed by atoms with Gasteiger partial charge in [0.15, 0.2) is 0 Å². The number of esters is 1. The molecule has 0 spiro atoms. The van der Waals surface area contributed by atoms with Crippen LogP contribution in [-0.4, -0.2) is 31.8 Å². The fourth-order valence-electron chi connectivity index (χ4n) is 0.977. The number of carbonyl (C=O) groups is 1. The third kappa shape index (κ3) is 6.65. The average molecular weight is 211 g/mol. The van der Waals surface area contributed by atoms with Crippen LogP contribution in [0, 0.1) is 0 Å². The summed E-state index contributed by atoms with van der Waals surface area (Å²) < 4.78 is 4.49. The minimum Gasteiger partial charge on any atom is -0.468 e. The van der Waals surface area contributed by atoms with Crippen LogP contribution in [0.5, 0.6) is 0 Å². The van der Waals surface area contributed by atoms with E-state index in [-0.39, 0.29) is 12.5 Å². The van der Waals surface area contributed by atoms with Crippen molar-refractivity contribution in [3.63, 3.8) is 0 Å². The van der Waals surface area contributed by atoms with Gasteiger partial charge >= 0.3 is 5.97 Å². The largest absolute Gasteiger partial charge is 0.468 e. The third-order valence-corrected chi connectivity index (χ3v) is 1.67. The monoisotopic (exact) mass is 211 g/mol. The molecule has 0 aliphatic carbocycles. The highest BCUT2D eigenvalue weighted by Gasteiger charge is 1.97. The van der Waals surface area contributed by atoms with E-state index >= 15 is 0 Å². The van der Waals surface area contributed by atoms with E-state index in [1.807, 2.05) is 30.3 Å². The molecule has 1 aromatic carbocycles. The lowest BCUT2D eigenvalue weighted by Gasteiger charge is -2.02. The number of hydrogen-bond acceptors (Lipinski definition) is 4. The summed E-state index contributed by atoms with van der Waals surface area (Å²) in [6.07, 6.45) is 0. The zero-order chi connectivity index (χ0) is 11.5. The van der Waals surface area contributed by atoms with Crippen LogP contribution in [0.3, 0.4) is 0 Å². The predicted octanol–water partition coefficient (Wildman–Crippen LogP) is 0.558. The summed E-state index contributed by atoms with van der Waals surface area (Å²) >= 11 is 0. The first kappa shape index (κ1) is 13.6. The normalized spacial score (nSPS) is 8.73. The Bertz CT molecular complexity index is 262. The first-order chi connectivity index (χ1) is 7.33.